The van der Waals surface area contributed by atoms with Crippen LogP contribution in [0.3, 0.4) is 0 Å². The van der Waals surface area contributed by atoms with Gasteiger partial charge in [-0.05, 0) is 64.2 Å². The van der Waals surface area contributed by atoms with Gasteiger partial charge in [-0.15, -0.1) is 0 Å². The Morgan fingerprint density at radius 3 is 0.533 bits per heavy atom. The largest absolute Gasteiger partial charge is 0.324 e. The zero-order chi connectivity index (χ0) is 33.0. The van der Waals surface area contributed by atoms with Crippen molar-refractivity contribution in [2.45, 2.75) is 216 Å². The maximum Gasteiger partial charge on any atom is 0.0786 e. The smallest absolute Gasteiger partial charge is 0.0786 e. The number of quaternary nitrogens is 2. The lowest BCUT2D eigenvalue weighted by molar-refractivity contribution is -0.929. The van der Waals surface area contributed by atoms with E-state index >= 15 is 0 Å². The highest BCUT2D eigenvalue weighted by Gasteiger charge is 2.26. The highest BCUT2D eigenvalue weighted by Crippen LogP contribution is 2.20. The van der Waals surface area contributed by atoms with E-state index in [1.165, 1.54) is 228 Å². The molecular weight excluding hydrogens is 591 g/mol. The number of unbranched alkanes of at least 4 members (excludes halogenated alkanes) is 19. The van der Waals surface area contributed by atoms with Crippen LogP contribution in [-0.2, 0) is 0 Å². The molecule has 0 amide bonds. The molecule has 0 atom stereocenters. The monoisotopic (exact) mass is 681 g/mol. The van der Waals surface area contributed by atoms with Crippen LogP contribution in [0.25, 0.3) is 0 Å². The Hall–Kier alpha value is 0.500. The topological polar surface area (TPSA) is 0 Å². The van der Waals surface area contributed by atoms with Gasteiger partial charge in [0.15, 0.2) is 0 Å². The summed E-state index contributed by atoms with van der Waals surface area (Å²) in [6, 6.07) is 0. The highest BCUT2D eigenvalue weighted by molar-refractivity contribution is 6.85. The maximum absolute atomic E-state index is 4.11. The Balaban J connectivity index is -0.00000575. The van der Waals surface area contributed by atoms with Crippen LogP contribution in [0.1, 0.15) is 216 Å². The molecule has 0 unspecified atom stereocenters. The first-order valence-electron chi connectivity index (χ1n) is 20.4. The third-order valence-corrected chi connectivity index (χ3v) is 10.4. The van der Waals surface area contributed by atoms with Crippen molar-refractivity contribution in [2.75, 3.05) is 52.4 Å². The van der Waals surface area contributed by atoms with Gasteiger partial charge in [-0.25, -0.2) is 0 Å². The Morgan fingerprint density at radius 1 is 0.244 bits per heavy atom. The lowest BCUT2D eigenvalue weighted by Crippen LogP contribution is -2.50. The summed E-state index contributed by atoms with van der Waals surface area (Å²) in [7, 11) is 8.22. The second kappa shape index (κ2) is 38.9. The molecule has 0 radical (unpaired) electrons. The van der Waals surface area contributed by atoms with Crippen LogP contribution in [0.5, 0.6) is 0 Å². The molecule has 0 spiro atoms. The summed E-state index contributed by atoms with van der Waals surface area (Å²) in [4.78, 5) is 0. The summed E-state index contributed by atoms with van der Waals surface area (Å²) in [6.07, 6.45) is 37.4. The fraction of sp³-hybridized carbons (Fsp3) is 1.00. The summed E-state index contributed by atoms with van der Waals surface area (Å²) in [5.74, 6) is 0. The van der Waals surface area contributed by atoms with E-state index in [-0.39, 0.29) is 7.43 Å². The van der Waals surface area contributed by atoms with Crippen LogP contribution < -0.4 is 0 Å². The molecular formula is C41H90Cl2N2+2. The van der Waals surface area contributed by atoms with E-state index in [1.54, 1.807) is 0 Å². The molecule has 0 rings (SSSR count). The number of nitrogens with zero attached hydrogens (tertiary/aromatic N) is 2. The molecule has 0 aromatic rings. The van der Waals surface area contributed by atoms with Crippen molar-refractivity contribution in [3.63, 3.8) is 0 Å². The van der Waals surface area contributed by atoms with E-state index in [9.17, 15) is 0 Å². The van der Waals surface area contributed by atoms with Crippen LogP contribution in [0, 0.1) is 0 Å². The average molecular weight is 682 g/mol. The molecule has 0 aliphatic carbocycles. The van der Waals surface area contributed by atoms with Gasteiger partial charge < -0.3 is 8.97 Å². The van der Waals surface area contributed by atoms with Gasteiger partial charge in [0.1, 0.15) is 0 Å². The van der Waals surface area contributed by atoms with Crippen molar-refractivity contribution < 1.29 is 8.97 Å². The Bertz CT molecular complexity index is 438. The second-order valence-corrected chi connectivity index (χ2v) is 14.5. The van der Waals surface area contributed by atoms with E-state index in [0.29, 0.717) is 0 Å². The molecule has 0 heterocycles. The minimum absolute atomic E-state index is 0. The minimum Gasteiger partial charge on any atom is -0.324 e. The molecule has 45 heavy (non-hydrogen) atoms. The zero-order valence-corrected chi connectivity index (χ0v) is 33.2. The summed E-state index contributed by atoms with van der Waals surface area (Å²) in [6.45, 7) is 25.8. The summed E-state index contributed by atoms with van der Waals surface area (Å²) in [5, 5.41) is 0. The Labute approximate surface area is 297 Å². The van der Waals surface area contributed by atoms with Gasteiger partial charge in [-0.1, -0.05) is 152 Å². The number of rotatable bonds is 35. The van der Waals surface area contributed by atoms with E-state index in [1.807, 2.05) is 0 Å². The third kappa shape index (κ3) is 30.3. The van der Waals surface area contributed by atoms with Crippen molar-refractivity contribution in [3.05, 3.63) is 0 Å². The first-order chi connectivity index (χ1) is 21.6. The molecule has 0 aromatic heterocycles. The first kappa shape index (κ1) is 49.9. The molecule has 0 saturated carbocycles. The summed E-state index contributed by atoms with van der Waals surface area (Å²) in [5.41, 5.74) is 0. The average Bonchev–Trinajstić information content (AvgIpc) is 3.06. The minimum atomic E-state index is 0. The van der Waals surface area contributed by atoms with Gasteiger partial charge in [0.2, 0.25) is 0 Å². The van der Waals surface area contributed by atoms with Crippen LogP contribution >= 0.6 is 21.7 Å². The van der Waals surface area contributed by atoms with Crippen molar-refractivity contribution in [3.8, 4) is 0 Å². The molecule has 276 valence electrons. The molecule has 0 N–H and O–H groups in total. The SMILES string of the molecule is C.CCCC[N+](CCCC)(CCCC)CCCCCCCCCCCCCCCC[N+](CCCC)(CCCC)CCCC.ClCl. The van der Waals surface area contributed by atoms with Crippen LogP contribution in [0.4, 0.5) is 0 Å². The van der Waals surface area contributed by atoms with Crippen molar-refractivity contribution >= 4 is 21.7 Å². The normalized spacial score (nSPS) is 11.7. The molecule has 4 heteroatoms. The second-order valence-electron chi connectivity index (χ2n) is 14.5. The lowest BCUT2D eigenvalue weighted by Gasteiger charge is -2.39. The zero-order valence-electron chi connectivity index (χ0n) is 31.7. The predicted octanol–water partition coefficient (Wildman–Crippen LogP) is 14.9. The fourth-order valence-electron chi connectivity index (χ4n) is 7.32. The van der Waals surface area contributed by atoms with E-state index in [4.69, 9.17) is 0 Å². The van der Waals surface area contributed by atoms with Crippen LogP contribution in [-0.4, -0.2) is 61.3 Å². The van der Waals surface area contributed by atoms with Gasteiger partial charge in [0, 0.05) is 21.7 Å². The first-order valence-corrected chi connectivity index (χ1v) is 21.6. The van der Waals surface area contributed by atoms with Crippen molar-refractivity contribution in [1.29, 1.82) is 0 Å². The van der Waals surface area contributed by atoms with Gasteiger partial charge in [-0.3, -0.25) is 0 Å². The molecule has 0 saturated heterocycles. The third-order valence-electron chi connectivity index (χ3n) is 10.4. The molecule has 0 bridgehead atoms. The van der Waals surface area contributed by atoms with Crippen LogP contribution in [0.15, 0.2) is 0 Å². The van der Waals surface area contributed by atoms with E-state index in [2.05, 4.69) is 63.3 Å². The quantitative estimate of drug-likeness (QED) is 0.0461. The standard InChI is InChI=1S/C40H86N2.CH4.Cl2/c1-7-13-33-41(34-14-8-2,35-15-9-3)39-31-29-27-25-23-21-19-20-22-24-26-28-30-32-40-42(36-16-10-4,37-17-11-5)38-18-12-6;;1-2/h7-40H2,1-6H3;1H4;/q+2;;. The van der Waals surface area contributed by atoms with Gasteiger partial charge in [0.25, 0.3) is 0 Å². The van der Waals surface area contributed by atoms with Gasteiger partial charge >= 0.3 is 0 Å². The van der Waals surface area contributed by atoms with E-state index < -0.39 is 0 Å². The molecule has 0 aliphatic heterocycles. The fourth-order valence-corrected chi connectivity index (χ4v) is 7.32. The highest BCUT2D eigenvalue weighted by atomic mass is 36.5. The lowest BCUT2D eigenvalue weighted by atomic mass is 10.0. The van der Waals surface area contributed by atoms with Crippen LogP contribution in [0.2, 0.25) is 0 Å². The number of halogens is 2. The van der Waals surface area contributed by atoms with E-state index in [0.717, 1.165) is 0 Å². The number of hydrogen-bond donors (Lipinski definition) is 0. The Morgan fingerprint density at radius 2 is 0.378 bits per heavy atom. The maximum atomic E-state index is 4.11. The molecule has 0 aliphatic rings. The number of hydrogen-bond acceptors (Lipinski definition) is 0. The molecule has 2 nitrogen and oxygen atoms in total. The van der Waals surface area contributed by atoms with Crippen molar-refractivity contribution in [2.24, 2.45) is 0 Å². The Kier molecular flexibility index (Phi) is 43.2. The molecule has 0 aromatic carbocycles. The summed E-state index contributed by atoms with van der Waals surface area (Å²) < 4.78 is 2.87. The van der Waals surface area contributed by atoms with Gasteiger partial charge in [0.05, 0.1) is 52.4 Å². The predicted molar refractivity (Wildman–Crippen MR) is 212 cm³/mol. The van der Waals surface area contributed by atoms with Gasteiger partial charge in [-0.2, -0.15) is 0 Å². The molecule has 0 fully saturated rings. The summed E-state index contributed by atoms with van der Waals surface area (Å²) >= 11 is 0. The van der Waals surface area contributed by atoms with Crippen molar-refractivity contribution in [1.82, 2.24) is 0 Å².